The third-order valence-electron chi connectivity index (χ3n) is 6.89. The molecule has 1 heterocycles. The number of carbonyl (C=O) groups excluding carboxylic acids is 1. The van der Waals surface area contributed by atoms with E-state index < -0.39 is 9.84 Å². The molecular formula is C29H35ClN2O5S. The zero-order valence-corrected chi connectivity index (χ0v) is 23.6. The summed E-state index contributed by atoms with van der Waals surface area (Å²) in [5.41, 5.74) is 3.60. The van der Waals surface area contributed by atoms with Crippen molar-refractivity contribution in [3.63, 3.8) is 0 Å². The maximum absolute atomic E-state index is 12.5. The van der Waals surface area contributed by atoms with Crippen LogP contribution in [-0.2, 0) is 25.9 Å². The molecule has 9 heteroatoms. The van der Waals surface area contributed by atoms with E-state index in [1.807, 2.05) is 53.4 Å². The van der Waals surface area contributed by atoms with Gasteiger partial charge in [-0.2, -0.15) is 0 Å². The van der Waals surface area contributed by atoms with Crippen LogP contribution in [0.4, 0.5) is 0 Å². The summed E-state index contributed by atoms with van der Waals surface area (Å²) in [5, 5.41) is 3.71. The van der Waals surface area contributed by atoms with Gasteiger partial charge < -0.3 is 19.7 Å². The Bertz CT molecular complexity index is 1330. The lowest BCUT2D eigenvalue weighted by Crippen LogP contribution is -2.50. The van der Waals surface area contributed by atoms with Gasteiger partial charge in [-0.3, -0.25) is 4.79 Å². The molecule has 0 aliphatic carbocycles. The first kappa shape index (κ1) is 29.6. The molecule has 204 valence electrons. The Hall–Kier alpha value is -2.91. The fourth-order valence-electron chi connectivity index (χ4n) is 5.03. The van der Waals surface area contributed by atoms with Gasteiger partial charge in [0.1, 0.15) is 12.4 Å². The number of rotatable bonds is 9. The van der Waals surface area contributed by atoms with Gasteiger partial charge in [-0.05, 0) is 35.7 Å². The number of benzene rings is 3. The van der Waals surface area contributed by atoms with Gasteiger partial charge in [0.15, 0.2) is 9.84 Å². The first-order chi connectivity index (χ1) is 17.8. The van der Waals surface area contributed by atoms with E-state index in [4.69, 9.17) is 9.47 Å². The maximum atomic E-state index is 12.5. The third-order valence-corrected chi connectivity index (χ3v) is 8.05. The molecule has 1 N–H and O–H groups in total. The van der Waals surface area contributed by atoms with Crippen molar-refractivity contribution in [1.29, 1.82) is 0 Å². The molecule has 0 aromatic heterocycles. The molecule has 0 unspecified atom stereocenters. The van der Waals surface area contributed by atoms with Crippen LogP contribution < -0.4 is 10.1 Å². The summed E-state index contributed by atoms with van der Waals surface area (Å²) >= 11 is 0. The molecule has 1 fully saturated rings. The van der Waals surface area contributed by atoms with Gasteiger partial charge in [-0.25, -0.2) is 8.42 Å². The van der Waals surface area contributed by atoms with Gasteiger partial charge in [0.05, 0.1) is 12.0 Å². The minimum absolute atomic E-state index is 0. The van der Waals surface area contributed by atoms with Crippen LogP contribution in [0.1, 0.15) is 23.5 Å². The first-order valence-electron chi connectivity index (χ1n) is 12.3. The lowest BCUT2D eigenvalue weighted by molar-refractivity contribution is -0.136. The number of piperidine rings is 1. The fourth-order valence-corrected chi connectivity index (χ4v) is 5.94. The average Bonchev–Trinajstić information content (AvgIpc) is 2.91. The van der Waals surface area contributed by atoms with E-state index in [0.29, 0.717) is 30.1 Å². The number of sulfone groups is 1. The Labute approximate surface area is 231 Å². The Morgan fingerprint density at radius 1 is 1.03 bits per heavy atom. The quantitative estimate of drug-likeness (QED) is 0.421. The molecule has 38 heavy (non-hydrogen) atoms. The van der Waals surface area contributed by atoms with Gasteiger partial charge in [-0.1, -0.05) is 54.6 Å². The number of carbonyl (C=O) groups is 1. The van der Waals surface area contributed by atoms with Crippen LogP contribution in [-0.4, -0.2) is 65.4 Å². The second-order valence-corrected chi connectivity index (χ2v) is 11.3. The number of hydrogen-bond acceptors (Lipinski definition) is 6. The number of likely N-dealkylation sites (tertiary alicyclic amines) is 1. The number of halogens is 1. The van der Waals surface area contributed by atoms with Gasteiger partial charge in [0.2, 0.25) is 5.91 Å². The van der Waals surface area contributed by atoms with Crippen molar-refractivity contribution >= 4 is 28.2 Å². The molecule has 4 rings (SSSR count). The molecule has 1 aliphatic rings. The zero-order chi connectivity index (χ0) is 26.4. The van der Waals surface area contributed by atoms with Crippen molar-refractivity contribution in [2.75, 3.05) is 40.2 Å². The molecule has 3 aromatic rings. The largest absolute Gasteiger partial charge is 0.496 e. The Balaban J connectivity index is 0.00000400. The predicted octanol–water partition coefficient (Wildman–Crippen LogP) is 4.31. The lowest BCUT2D eigenvalue weighted by Gasteiger charge is -2.39. The van der Waals surface area contributed by atoms with Crippen molar-refractivity contribution in [3.05, 3.63) is 83.9 Å². The molecule has 2 atom stereocenters. The summed E-state index contributed by atoms with van der Waals surface area (Å²) < 4.78 is 35.5. The van der Waals surface area contributed by atoms with Crippen LogP contribution in [0.2, 0.25) is 0 Å². The molecule has 7 nitrogen and oxygen atoms in total. The number of nitrogens with zero attached hydrogens (tertiary/aromatic N) is 1. The number of nitrogens with one attached hydrogen (secondary N) is 1. The van der Waals surface area contributed by atoms with Crippen LogP contribution >= 0.6 is 12.4 Å². The van der Waals surface area contributed by atoms with E-state index in [9.17, 15) is 13.2 Å². The van der Waals surface area contributed by atoms with Crippen LogP contribution in [0.3, 0.4) is 0 Å². The molecule has 1 saturated heterocycles. The molecule has 0 saturated carbocycles. The normalized spacial score (nSPS) is 17.5. The third kappa shape index (κ3) is 6.94. The standard InChI is InChI=1S/C29H34N2O5S.ClH/c1-35-20-29(32)31-16-15-26(25(19-31)21-9-5-4-6-10-21)30-18-23-17-22(13-14-27(23)36-2)24-11-7-8-12-28(24)37(3,33)34;/h4-14,17,25-26,30H,15-16,18-20H2,1-3H3;1H/t25-,26-;/m0./s1. The van der Waals surface area contributed by atoms with E-state index in [1.165, 1.54) is 18.9 Å². The number of ether oxygens (including phenoxy) is 2. The Morgan fingerprint density at radius 2 is 1.74 bits per heavy atom. The van der Waals surface area contributed by atoms with Crippen LogP contribution in [0.15, 0.2) is 77.7 Å². The number of hydrogen-bond donors (Lipinski definition) is 1. The summed E-state index contributed by atoms with van der Waals surface area (Å²) in [4.78, 5) is 14.7. The minimum atomic E-state index is -3.38. The molecular weight excluding hydrogens is 524 g/mol. The van der Waals surface area contributed by atoms with Crippen molar-refractivity contribution in [3.8, 4) is 16.9 Å². The molecule has 0 spiro atoms. The number of amides is 1. The summed E-state index contributed by atoms with van der Waals surface area (Å²) in [6.45, 7) is 1.89. The summed E-state index contributed by atoms with van der Waals surface area (Å²) in [5.74, 6) is 0.855. The maximum Gasteiger partial charge on any atom is 0.248 e. The van der Waals surface area contributed by atoms with Crippen LogP contribution in [0, 0.1) is 0 Å². The van der Waals surface area contributed by atoms with Crippen molar-refractivity contribution in [2.45, 2.75) is 29.8 Å². The summed E-state index contributed by atoms with van der Waals surface area (Å²) in [7, 11) is -0.209. The zero-order valence-electron chi connectivity index (χ0n) is 21.9. The van der Waals surface area contributed by atoms with Gasteiger partial charge >= 0.3 is 0 Å². The van der Waals surface area contributed by atoms with Crippen molar-refractivity contribution < 1.29 is 22.7 Å². The van der Waals surface area contributed by atoms with E-state index in [1.54, 1.807) is 19.2 Å². The van der Waals surface area contributed by atoms with Crippen LogP contribution in [0.25, 0.3) is 11.1 Å². The highest BCUT2D eigenvalue weighted by molar-refractivity contribution is 7.90. The van der Waals surface area contributed by atoms with Gasteiger partial charge in [0.25, 0.3) is 0 Å². The van der Waals surface area contributed by atoms with E-state index in [0.717, 1.165) is 23.3 Å². The van der Waals surface area contributed by atoms with Gasteiger partial charge in [-0.15, -0.1) is 12.4 Å². The summed E-state index contributed by atoms with van der Waals surface area (Å²) in [6, 6.07) is 23.2. The summed E-state index contributed by atoms with van der Waals surface area (Å²) in [6.07, 6.45) is 2.03. The van der Waals surface area contributed by atoms with Crippen LogP contribution in [0.5, 0.6) is 5.75 Å². The molecule has 1 amide bonds. The lowest BCUT2D eigenvalue weighted by atomic mass is 9.85. The molecule has 0 bridgehead atoms. The highest BCUT2D eigenvalue weighted by atomic mass is 35.5. The minimum Gasteiger partial charge on any atom is -0.496 e. The van der Waals surface area contributed by atoms with Crippen molar-refractivity contribution in [2.24, 2.45) is 0 Å². The predicted molar refractivity (Wildman–Crippen MR) is 152 cm³/mol. The second kappa shape index (κ2) is 13.2. The Kier molecular flexibility index (Phi) is 10.3. The monoisotopic (exact) mass is 558 g/mol. The SMILES string of the molecule is COCC(=O)N1CC[C@H](NCc2cc(-c3ccccc3S(C)(=O)=O)ccc2OC)[C@H](c2ccccc2)C1.Cl. The molecule has 0 radical (unpaired) electrons. The van der Waals surface area contributed by atoms with E-state index in [-0.39, 0.29) is 36.9 Å². The molecule has 3 aromatic carbocycles. The smallest absolute Gasteiger partial charge is 0.248 e. The van der Waals surface area contributed by atoms with Crippen molar-refractivity contribution in [1.82, 2.24) is 10.2 Å². The second-order valence-electron chi connectivity index (χ2n) is 9.36. The topological polar surface area (TPSA) is 84.9 Å². The first-order valence-corrected chi connectivity index (χ1v) is 14.2. The highest BCUT2D eigenvalue weighted by Gasteiger charge is 2.32. The van der Waals surface area contributed by atoms with E-state index in [2.05, 4.69) is 17.4 Å². The highest BCUT2D eigenvalue weighted by Crippen LogP contribution is 2.32. The van der Waals surface area contributed by atoms with Gasteiger partial charge in [0, 0.05) is 56.1 Å². The fraction of sp³-hybridized carbons (Fsp3) is 0.345. The Morgan fingerprint density at radius 3 is 2.42 bits per heavy atom. The number of methoxy groups -OCH3 is 2. The van der Waals surface area contributed by atoms with E-state index >= 15 is 0 Å². The average molecular weight is 559 g/mol. The molecule has 1 aliphatic heterocycles.